The number of carbonyl (C=O) groups excluding carboxylic acids is 2. The molecule has 1 N–H and O–H groups in total. The average Bonchev–Trinajstić information content (AvgIpc) is 3.32. The number of hydrogen-bond acceptors (Lipinski definition) is 4. The van der Waals surface area contributed by atoms with Crippen molar-refractivity contribution in [2.75, 3.05) is 24.3 Å². The zero-order valence-electron chi connectivity index (χ0n) is 18.8. The highest BCUT2D eigenvalue weighted by Crippen LogP contribution is 2.28. The molecule has 3 rings (SSSR count). The van der Waals surface area contributed by atoms with Crippen molar-refractivity contribution in [2.24, 2.45) is 0 Å². The van der Waals surface area contributed by atoms with Crippen molar-refractivity contribution in [3.63, 3.8) is 0 Å². The predicted octanol–water partition coefficient (Wildman–Crippen LogP) is 6.16. The van der Waals surface area contributed by atoms with Crippen molar-refractivity contribution >= 4 is 46.1 Å². The van der Waals surface area contributed by atoms with Crippen molar-refractivity contribution in [1.29, 1.82) is 0 Å². The maximum Gasteiger partial charge on any atom is 0.265 e. The summed E-state index contributed by atoms with van der Waals surface area (Å²) < 4.78 is 0. The van der Waals surface area contributed by atoms with Crippen LogP contribution in [0.1, 0.15) is 45.9 Å². The van der Waals surface area contributed by atoms with Crippen LogP contribution >= 0.6 is 22.9 Å². The second kappa shape index (κ2) is 10.7. The summed E-state index contributed by atoms with van der Waals surface area (Å²) in [7, 11) is 3.93. The lowest BCUT2D eigenvalue weighted by Crippen LogP contribution is -2.38. The molecule has 3 aromatic rings. The molecule has 0 saturated heterocycles. The van der Waals surface area contributed by atoms with E-state index in [1.54, 1.807) is 18.2 Å². The quantitative estimate of drug-likeness (QED) is 0.429. The lowest BCUT2D eigenvalue weighted by Gasteiger charge is -2.31. The molecular weight excluding hydrogens is 442 g/mol. The molecule has 2 amide bonds. The summed E-state index contributed by atoms with van der Waals surface area (Å²) in [6, 6.07) is 16.6. The molecule has 5 nitrogen and oxygen atoms in total. The lowest BCUT2D eigenvalue weighted by atomic mass is 10.1. The number of amides is 2. The van der Waals surface area contributed by atoms with Crippen LogP contribution in [0.2, 0.25) is 5.02 Å². The maximum absolute atomic E-state index is 13.4. The largest absolute Gasteiger partial charge is 0.377 e. The highest BCUT2D eigenvalue weighted by molar-refractivity contribution is 7.12. The van der Waals surface area contributed by atoms with Gasteiger partial charge in [-0.3, -0.25) is 9.59 Å². The van der Waals surface area contributed by atoms with Gasteiger partial charge in [-0.05, 0) is 60.7 Å². The Morgan fingerprint density at radius 1 is 1.09 bits per heavy atom. The third-order valence-corrected chi connectivity index (χ3v) is 6.59. The Balaban J connectivity index is 1.94. The topological polar surface area (TPSA) is 52.7 Å². The van der Waals surface area contributed by atoms with Gasteiger partial charge in [0.05, 0.1) is 15.5 Å². The number of nitrogens with one attached hydrogen (secondary N) is 1. The first-order valence-corrected chi connectivity index (χ1v) is 11.8. The van der Waals surface area contributed by atoms with Crippen LogP contribution in [0.4, 0.5) is 11.4 Å². The van der Waals surface area contributed by atoms with E-state index in [2.05, 4.69) is 12.2 Å². The van der Waals surface area contributed by atoms with E-state index in [0.717, 1.165) is 17.7 Å². The van der Waals surface area contributed by atoms with Crippen LogP contribution in [-0.4, -0.2) is 36.9 Å². The van der Waals surface area contributed by atoms with Crippen LogP contribution in [-0.2, 0) is 6.54 Å². The first-order valence-electron chi connectivity index (χ1n) is 10.5. The molecule has 1 atom stereocenters. The normalized spacial score (nSPS) is 11.7. The molecule has 0 radical (unpaired) electrons. The zero-order chi connectivity index (χ0) is 23.3. The van der Waals surface area contributed by atoms with Crippen LogP contribution in [0.3, 0.4) is 0 Å². The highest BCUT2D eigenvalue weighted by atomic mass is 35.5. The van der Waals surface area contributed by atoms with Crippen LogP contribution in [0.5, 0.6) is 0 Å². The number of thiophene rings is 1. The molecule has 2 aromatic carbocycles. The molecule has 7 heteroatoms. The van der Waals surface area contributed by atoms with E-state index in [1.165, 1.54) is 11.3 Å². The van der Waals surface area contributed by atoms with Gasteiger partial charge in [0.2, 0.25) is 0 Å². The van der Waals surface area contributed by atoms with E-state index in [0.29, 0.717) is 27.7 Å². The molecule has 0 aliphatic carbocycles. The van der Waals surface area contributed by atoms with Crippen molar-refractivity contribution in [2.45, 2.75) is 32.9 Å². The summed E-state index contributed by atoms with van der Waals surface area (Å²) >= 11 is 7.72. The molecule has 1 heterocycles. The van der Waals surface area contributed by atoms with Crippen molar-refractivity contribution in [1.82, 2.24) is 4.90 Å². The molecule has 0 aliphatic rings. The predicted molar refractivity (Wildman–Crippen MR) is 134 cm³/mol. The molecule has 0 bridgehead atoms. The smallest absolute Gasteiger partial charge is 0.265 e. The SMILES string of the molecule is CCC(C)N(Cc1cc(NC(=O)c2cccs2)ccc1N(C)C)C(=O)c1ccccc1Cl. The molecule has 0 spiro atoms. The second-order valence-corrected chi connectivity index (χ2v) is 9.19. The average molecular weight is 470 g/mol. The second-order valence-electron chi connectivity index (χ2n) is 7.84. The molecule has 1 unspecified atom stereocenters. The van der Waals surface area contributed by atoms with Gasteiger partial charge in [-0.15, -0.1) is 11.3 Å². The fourth-order valence-corrected chi connectivity index (χ4v) is 4.28. The standard InChI is InChI=1S/C25H28ClN3O2S/c1-5-17(2)29(25(31)20-9-6-7-10-21(20)26)16-18-15-19(12-13-22(18)28(3)4)27-24(30)23-11-8-14-32-23/h6-15,17H,5,16H2,1-4H3,(H,27,30). The van der Waals surface area contributed by atoms with Gasteiger partial charge < -0.3 is 15.1 Å². The summed E-state index contributed by atoms with van der Waals surface area (Å²) in [5, 5.41) is 5.28. The number of carbonyl (C=O) groups is 2. The minimum Gasteiger partial charge on any atom is -0.377 e. The summed E-state index contributed by atoms with van der Waals surface area (Å²) in [5.74, 6) is -0.253. The van der Waals surface area contributed by atoms with Gasteiger partial charge in [-0.25, -0.2) is 0 Å². The summed E-state index contributed by atoms with van der Waals surface area (Å²) in [4.78, 5) is 30.5. The van der Waals surface area contributed by atoms with Gasteiger partial charge in [0.15, 0.2) is 0 Å². The van der Waals surface area contributed by atoms with Gasteiger partial charge in [0.1, 0.15) is 0 Å². The van der Waals surface area contributed by atoms with E-state index >= 15 is 0 Å². The number of hydrogen-bond donors (Lipinski definition) is 1. The van der Waals surface area contributed by atoms with Crippen molar-refractivity contribution < 1.29 is 9.59 Å². The molecule has 1 aromatic heterocycles. The lowest BCUT2D eigenvalue weighted by molar-refractivity contribution is 0.0672. The number of halogens is 1. The summed E-state index contributed by atoms with van der Waals surface area (Å²) in [5.41, 5.74) is 3.11. The Kier molecular flexibility index (Phi) is 7.94. The number of anilines is 2. The van der Waals surface area contributed by atoms with E-state index in [4.69, 9.17) is 11.6 Å². The van der Waals surface area contributed by atoms with Gasteiger partial charge in [-0.2, -0.15) is 0 Å². The number of nitrogens with zero attached hydrogens (tertiary/aromatic N) is 2. The Hall–Kier alpha value is -2.83. The van der Waals surface area contributed by atoms with E-state index in [9.17, 15) is 9.59 Å². The number of rotatable bonds is 8. The Bertz CT molecular complexity index is 1080. The number of benzene rings is 2. The monoisotopic (exact) mass is 469 g/mol. The molecule has 32 heavy (non-hydrogen) atoms. The summed E-state index contributed by atoms with van der Waals surface area (Å²) in [6.07, 6.45) is 0.808. The highest BCUT2D eigenvalue weighted by Gasteiger charge is 2.24. The first-order chi connectivity index (χ1) is 15.3. The molecule has 0 saturated carbocycles. The van der Waals surface area contributed by atoms with Crippen LogP contribution in [0, 0.1) is 0 Å². The molecule has 0 aliphatic heterocycles. The summed E-state index contributed by atoms with van der Waals surface area (Å²) in [6.45, 7) is 4.49. The van der Waals surface area contributed by atoms with Crippen molar-refractivity contribution in [3.8, 4) is 0 Å². The minimum atomic E-state index is -0.144. The van der Waals surface area contributed by atoms with E-state index < -0.39 is 0 Å². The van der Waals surface area contributed by atoms with Gasteiger partial charge >= 0.3 is 0 Å². The molecular formula is C25H28ClN3O2S. The minimum absolute atomic E-state index is 0.0122. The fraction of sp³-hybridized carbons (Fsp3) is 0.280. The molecule has 168 valence electrons. The maximum atomic E-state index is 13.4. The first kappa shape index (κ1) is 23.8. The van der Waals surface area contributed by atoms with Gasteiger partial charge in [0.25, 0.3) is 11.8 Å². The Labute approximate surface area is 198 Å². The zero-order valence-corrected chi connectivity index (χ0v) is 20.3. The van der Waals surface area contributed by atoms with Gasteiger partial charge in [-0.1, -0.05) is 36.7 Å². The van der Waals surface area contributed by atoms with Gasteiger partial charge in [0, 0.05) is 38.1 Å². The van der Waals surface area contributed by atoms with E-state index in [1.807, 2.05) is 72.6 Å². The third kappa shape index (κ3) is 5.50. The molecule has 0 fully saturated rings. The Morgan fingerprint density at radius 2 is 1.84 bits per heavy atom. The van der Waals surface area contributed by atoms with Crippen LogP contribution in [0.25, 0.3) is 0 Å². The Morgan fingerprint density at radius 3 is 2.47 bits per heavy atom. The third-order valence-electron chi connectivity index (χ3n) is 5.39. The van der Waals surface area contributed by atoms with Crippen LogP contribution in [0.15, 0.2) is 60.0 Å². The fourth-order valence-electron chi connectivity index (χ4n) is 3.45. The van der Waals surface area contributed by atoms with Crippen molar-refractivity contribution in [3.05, 3.63) is 81.0 Å². The van der Waals surface area contributed by atoms with E-state index in [-0.39, 0.29) is 17.9 Å². The van der Waals surface area contributed by atoms with Crippen LogP contribution < -0.4 is 10.2 Å².